The maximum Gasteiger partial charge on any atom is 0.256 e. The molecule has 4 heteroatoms. The van der Waals surface area contributed by atoms with Crippen molar-refractivity contribution >= 4 is 11.6 Å². The van der Waals surface area contributed by atoms with Crippen LogP contribution in [0, 0.1) is 6.92 Å². The molecule has 1 aromatic heterocycles. The molecule has 1 amide bonds. The van der Waals surface area contributed by atoms with Crippen molar-refractivity contribution in [3.8, 4) is 11.3 Å². The summed E-state index contributed by atoms with van der Waals surface area (Å²) in [5.41, 5.74) is 6.88. The zero-order valence-corrected chi connectivity index (χ0v) is 14.3. The van der Waals surface area contributed by atoms with E-state index in [2.05, 4.69) is 15.5 Å². The van der Waals surface area contributed by atoms with Gasteiger partial charge < -0.3 is 5.32 Å². The number of H-pyrrole nitrogens is 1. The van der Waals surface area contributed by atoms with E-state index in [0.717, 1.165) is 35.3 Å². The van der Waals surface area contributed by atoms with E-state index in [-0.39, 0.29) is 5.91 Å². The summed E-state index contributed by atoms with van der Waals surface area (Å²) in [6, 6.07) is 15.5. The standard InChI is InChI=1S/C21H21N3O/c1-14-7-6-8-15(13-14)22-21(25)17-10-3-2-9-16(17)20-18-11-4-5-12-19(18)23-24-20/h2-3,6-10,13H,4-5,11-12H2,1H3,(H,22,25)(H,23,24). The number of hydrogen-bond donors (Lipinski definition) is 2. The summed E-state index contributed by atoms with van der Waals surface area (Å²) in [5.74, 6) is -0.103. The zero-order valence-electron chi connectivity index (χ0n) is 14.3. The number of aryl methyl sites for hydroxylation is 2. The summed E-state index contributed by atoms with van der Waals surface area (Å²) in [7, 11) is 0. The lowest BCUT2D eigenvalue weighted by Gasteiger charge is -2.13. The number of rotatable bonds is 3. The average molecular weight is 331 g/mol. The van der Waals surface area contributed by atoms with Crippen molar-refractivity contribution in [2.75, 3.05) is 5.32 Å². The van der Waals surface area contributed by atoms with Gasteiger partial charge in [0.15, 0.2) is 0 Å². The SMILES string of the molecule is Cc1cccc(NC(=O)c2ccccc2-c2n[nH]c3c2CCCC3)c1. The zero-order chi connectivity index (χ0) is 17.2. The van der Waals surface area contributed by atoms with E-state index in [4.69, 9.17) is 0 Å². The van der Waals surface area contributed by atoms with Gasteiger partial charge in [0.2, 0.25) is 0 Å². The van der Waals surface area contributed by atoms with Crippen molar-refractivity contribution in [3.05, 3.63) is 70.9 Å². The number of benzene rings is 2. The third-order valence-corrected chi connectivity index (χ3v) is 4.76. The normalized spacial score (nSPS) is 13.3. The predicted molar refractivity (Wildman–Crippen MR) is 99.8 cm³/mol. The highest BCUT2D eigenvalue weighted by Gasteiger charge is 2.21. The van der Waals surface area contributed by atoms with Gasteiger partial charge >= 0.3 is 0 Å². The molecule has 0 unspecified atom stereocenters. The molecular weight excluding hydrogens is 310 g/mol. The Morgan fingerprint density at radius 1 is 1.08 bits per heavy atom. The number of aromatic amines is 1. The van der Waals surface area contributed by atoms with Crippen molar-refractivity contribution in [2.24, 2.45) is 0 Å². The van der Waals surface area contributed by atoms with Crippen LogP contribution in [0.2, 0.25) is 0 Å². The molecule has 25 heavy (non-hydrogen) atoms. The molecule has 0 aliphatic heterocycles. The van der Waals surface area contributed by atoms with Crippen molar-refractivity contribution < 1.29 is 4.79 Å². The topological polar surface area (TPSA) is 57.8 Å². The van der Waals surface area contributed by atoms with Gasteiger partial charge in [-0.1, -0.05) is 30.3 Å². The summed E-state index contributed by atoms with van der Waals surface area (Å²) < 4.78 is 0. The molecule has 1 aliphatic carbocycles. The Hall–Kier alpha value is -2.88. The minimum absolute atomic E-state index is 0.103. The van der Waals surface area contributed by atoms with E-state index in [1.54, 1.807) is 0 Å². The van der Waals surface area contributed by atoms with Crippen LogP contribution < -0.4 is 5.32 Å². The van der Waals surface area contributed by atoms with Crippen molar-refractivity contribution in [1.29, 1.82) is 0 Å². The van der Waals surface area contributed by atoms with Gasteiger partial charge in [-0.3, -0.25) is 9.89 Å². The third kappa shape index (κ3) is 3.07. The van der Waals surface area contributed by atoms with Gasteiger partial charge in [-0.05, 0) is 56.4 Å². The van der Waals surface area contributed by atoms with E-state index in [0.29, 0.717) is 5.56 Å². The lowest BCUT2D eigenvalue weighted by atomic mass is 9.92. The lowest BCUT2D eigenvalue weighted by molar-refractivity contribution is 0.102. The second kappa shape index (κ2) is 6.55. The highest BCUT2D eigenvalue weighted by Crippen LogP contribution is 2.31. The molecule has 0 bridgehead atoms. The van der Waals surface area contributed by atoms with Gasteiger partial charge in [-0.15, -0.1) is 0 Å². The van der Waals surface area contributed by atoms with Crippen molar-refractivity contribution in [1.82, 2.24) is 10.2 Å². The number of fused-ring (bicyclic) bond motifs is 1. The molecular formula is C21H21N3O. The molecule has 4 rings (SSSR count). The van der Waals surface area contributed by atoms with E-state index in [9.17, 15) is 4.79 Å². The lowest BCUT2D eigenvalue weighted by Crippen LogP contribution is -2.13. The maximum absolute atomic E-state index is 12.9. The van der Waals surface area contributed by atoms with Gasteiger partial charge in [0.25, 0.3) is 5.91 Å². The fourth-order valence-electron chi connectivity index (χ4n) is 3.51. The summed E-state index contributed by atoms with van der Waals surface area (Å²) in [5, 5.41) is 10.7. The molecule has 2 aromatic carbocycles. The molecule has 2 N–H and O–H groups in total. The van der Waals surface area contributed by atoms with Crippen LogP contribution in [0.1, 0.15) is 40.0 Å². The van der Waals surface area contributed by atoms with Gasteiger partial charge in [0, 0.05) is 28.1 Å². The monoisotopic (exact) mass is 331 g/mol. The van der Waals surface area contributed by atoms with Gasteiger partial charge in [0.05, 0.1) is 5.69 Å². The molecule has 0 atom stereocenters. The highest BCUT2D eigenvalue weighted by molar-refractivity contribution is 6.08. The van der Waals surface area contributed by atoms with E-state index in [1.807, 2.05) is 55.5 Å². The quantitative estimate of drug-likeness (QED) is 0.741. The largest absolute Gasteiger partial charge is 0.322 e. The minimum Gasteiger partial charge on any atom is -0.322 e. The summed E-state index contributed by atoms with van der Waals surface area (Å²) in [6.45, 7) is 2.01. The molecule has 4 nitrogen and oxygen atoms in total. The number of nitrogens with zero attached hydrogens (tertiary/aromatic N) is 1. The fourth-order valence-corrected chi connectivity index (χ4v) is 3.51. The van der Waals surface area contributed by atoms with Crippen LogP contribution in [0.25, 0.3) is 11.3 Å². The molecule has 0 saturated carbocycles. The Balaban J connectivity index is 1.70. The summed E-state index contributed by atoms with van der Waals surface area (Å²) in [6.07, 6.45) is 4.44. The molecule has 1 heterocycles. The van der Waals surface area contributed by atoms with E-state index >= 15 is 0 Å². The van der Waals surface area contributed by atoms with Crippen LogP contribution >= 0.6 is 0 Å². The maximum atomic E-state index is 12.9. The van der Waals surface area contributed by atoms with E-state index in [1.165, 1.54) is 24.1 Å². The number of amides is 1. The molecule has 0 fully saturated rings. The average Bonchev–Trinajstić information content (AvgIpc) is 3.06. The van der Waals surface area contributed by atoms with Crippen LogP contribution in [0.5, 0.6) is 0 Å². The van der Waals surface area contributed by atoms with Crippen LogP contribution in [0.4, 0.5) is 5.69 Å². The van der Waals surface area contributed by atoms with Crippen LogP contribution in [-0.4, -0.2) is 16.1 Å². The fraction of sp³-hybridized carbons (Fsp3) is 0.238. The molecule has 3 aromatic rings. The van der Waals surface area contributed by atoms with Crippen LogP contribution in [0.3, 0.4) is 0 Å². The van der Waals surface area contributed by atoms with Gasteiger partial charge in [-0.25, -0.2) is 0 Å². The first-order chi connectivity index (χ1) is 12.2. The number of anilines is 1. The van der Waals surface area contributed by atoms with E-state index < -0.39 is 0 Å². The predicted octanol–water partition coefficient (Wildman–Crippen LogP) is 4.52. The highest BCUT2D eigenvalue weighted by atomic mass is 16.1. The number of hydrogen-bond acceptors (Lipinski definition) is 2. The minimum atomic E-state index is -0.103. The molecule has 0 spiro atoms. The Morgan fingerprint density at radius 2 is 1.92 bits per heavy atom. The summed E-state index contributed by atoms with van der Waals surface area (Å²) >= 11 is 0. The molecule has 1 aliphatic rings. The summed E-state index contributed by atoms with van der Waals surface area (Å²) in [4.78, 5) is 12.9. The van der Waals surface area contributed by atoms with Gasteiger partial charge in [0.1, 0.15) is 0 Å². The molecule has 0 radical (unpaired) electrons. The second-order valence-corrected chi connectivity index (χ2v) is 6.61. The molecule has 0 saturated heterocycles. The number of carbonyl (C=O) groups excluding carboxylic acids is 1. The number of carbonyl (C=O) groups is 1. The third-order valence-electron chi connectivity index (χ3n) is 4.76. The first-order valence-electron chi connectivity index (χ1n) is 8.76. The Kier molecular flexibility index (Phi) is 4.10. The second-order valence-electron chi connectivity index (χ2n) is 6.61. The van der Waals surface area contributed by atoms with Crippen LogP contribution in [0.15, 0.2) is 48.5 Å². The number of aromatic nitrogens is 2. The number of nitrogens with one attached hydrogen (secondary N) is 2. The first-order valence-corrected chi connectivity index (χ1v) is 8.76. The first kappa shape index (κ1) is 15.6. The Morgan fingerprint density at radius 3 is 2.80 bits per heavy atom. The smallest absolute Gasteiger partial charge is 0.256 e. The Labute approximate surface area is 147 Å². The Bertz CT molecular complexity index is 926. The van der Waals surface area contributed by atoms with Crippen molar-refractivity contribution in [2.45, 2.75) is 32.6 Å². The van der Waals surface area contributed by atoms with Crippen molar-refractivity contribution in [3.63, 3.8) is 0 Å². The van der Waals surface area contributed by atoms with Gasteiger partial charge in [-0.2, -0.15) is 5.10 Å². The molecule has 126 valence electrons. The van der Waals surface area contributed by atoms with Crippen LogP contribution in [-0.2, 0) is 12.8 Å².